The summed E-state index contributed by atoms with van der Waals surface area (Å²) in [5.41, 5.74) is 5.59. The van der Waals surface area contributed by atoms with E-state index in [9.17, 15) is 19.2 Å². The molecule has 0 bridgehead atoms. The monoisotopic (exact) mass is 342 g/mol. The molecule has 9 nitrogen and oxygen atoms in total. The van der Waals surface area contributed by atoms with E-state index in [1.165, 1.54) is 12.3 Å². The first-order valence-electron chi connectivity index (χ1n) is 7.44. The number of carbonyl (C=O) groups is 4. The minimum atomic E-state index is -0.965. The lowest BCUT2D eigenvalue weighted by Gasteiger charge is -2.22. The zero-order valence-corrected chi connectivity index (χ0v) is 12.9. The summed E-state index contributed by atoms with van der Waals surface area (Å²) in [6.45, 7) is 0. The van der Waals surface area contributed by atoms with E-state index in [1.807, 2.05) is 0 Å². The number of fused-ring (bicyclic) bond motifs is 1. The van der Waals surface area contributed by atoms with Crippen molar-refractivity contribution in [3.63, 3.8) is 0 Å². The summed E-state index contributed by atoms with van der Waals surface area (Å²) in [6, 6.07) is 5.63. The smallest absolute Gasteiger partial charge is 0.409 e. The highest BCUT2D eigenvalue weighted by molar-refractivity contribution is 6.08. The zero-order valence-electron chi connectivity index (χ0n) is 12.9. The van der Waals surface area contributed by atoms with Gasteiger partial charge in [0.15, 0.2) is 5.75 Å². The van der Waals surface area contributed by atoms with Gasteiger partial charge in [0.25, 0.3) is 5.91 Å². The third-order valence-corrected chi connectivity index (χ3v) is 3.69. The number of imide groups is 1. The number of amides is 4. The van der Waals surface area contributed by atoms with Crippen LogP contribution in [0, 0.1) is 0 Å². The lowest BCUT2D eigenvalue weighted by Crippen LogP contribution is -2.52. The first kappa shape index (κ1) is 16.4. The molecule has 0 aliphatic carbocycles. The normalized spacial score (nSPS) is 17.0. The molecule has 9 heteroatoms. The van der Waals surface area contributed by atoms with Crippen molar-refractivity contribution in [2.24, 2.45) is 5.73 Å². The van der Waals surface area contributed by atoms with Gasteiger partial charge >= 0.3 is 6.09 Å². The molecular weight excluding hydrogens is 328 g/mol. The Kier molecular flexibility index (Phi) is 4.29. The number of para-hydroxylation sites is 1. The SMILES string of the molecule is NC(=O)Oc1cnc2c(C(=O)NC3CCC(=O)NC3=O)cccc2c1. The summed E-state index contributed by atoms with van der Waals surface area (Å²) in [5.74, 6) is -1.22. The molecule has 4 N–H and O–H groups in total. The Balaban J connectivity index is 1.85. The van der Waals surface area contributed by atoms with Gasteiger partial charge in [-0.3, -0.25) is 24.7 Å². The number of nitrogens with two attached hydrogens (primary N) is 1. The van der Waals surface area contributed by atoms with E-state index in [4.69, 9.17) is 10.5 Å². The maximum Gasteiger partial charge on any atom is 0.410 e. The molecule has 2 aromatic rings. The quantitative estimate of drug-likeness (QED) is 0.682. The van der Waals surface area contributed by atoms with Crippen LogP contribution >= 0.6 is 0 Å². The van der Waals surface area contributed by atoms with Gasteiger partial charge in [-0.25, -0.2) is 4.79 Å². The fourth-order valence-corrected chi connectivity index (χ4v) is 2.56. The molecule has 1 saturated heterocycles. The third-order valence-electron chi connectivity index (χ3n) is 3.69. The first-order valence-corrected chi connectivity index (χ1v) is 7.44. The molecule has 1 aromatic heterocycles. The molecule has 2 heterocycles. The number of hydrogen-bond acceptors (Lipinski definition) is 6. The number of pyridine rings is 1. The highest BCUT2D eigenvalue weighted by atomic mass is 16.5. The lowest BCUT2D eigenvalue weighted by molar-refractivity contribution is -0.134. The standard InChI is InChI=1S/C16H14N4O5/c17-16(24)25-9-6-8-2-1-3-10(13(8)18-7-9)14(22)19-11-4-5-12(21)20-15(11)23/h1-3,6-7,11H,4-5H2,(H2,17,24)(H,19,22)(H,20,21,23). The van der Waals surface area contributed by atoms with E-state index < -0.39 is 23.9 Å². The van der Waals surface area contributed by atoms with Crippen molar-refractivity contribution >= 4 is 34.7 Å². The second kappa shape index (κ2) is 6.56. The van der Waals surface area contributed by atoms with Crippen LogP contribution in [0.5, 0.6) is 5.75 Å². The van der Waals surface area contributed by atoms with Gasteiger partial charge in [0, 0.05) is 11.8 Å². The Hall–Kier alpha value is -3.49. The highest BCUT2D eigenvalue weighted by Gasteiger charge is 2.28. The highest BCUT2D eigenvalue weighted by Crippen LogP contribution is 2.21. The summed E-state index contributed by atoms with van der Waals surface area (Å²) in [6.07, 6.45) is 0.715. The van der Waals surface area contributed by atoms with Gasteiger partial charge in [-0.2, -0.15) is 0 Å². The summed E-state index contributed by atoms with van der Waals surface area (Å²) >= 11 is 0. The van der Waals surface area contributed by atoms with Gasteiger partial charge in [0.05, 0.1) is 17.3 Å². The molecule has 25 heavy (non-hydrogen) atoms. The fraction of sp³-hybridized carbons (Fsp3) is 0.188. The van der Waals surface area contributed by atoms with E-state index in [0.29, 0.717) is 10.9 Å². The molecule has 1 aromatic carbocycles. The number of rotatable bonds is 3. The van der Waals surface area contributed by atoms with Crippen LogP contribution in [0.1, 0.15) is 23.2 Å². The minimum absolute atomic E-state index is 0.155. The molecule has 0 radical (unpaired) electrons. The van der Waals surface area contributed by atoms with Crippen LogP contribution in [-0.4, -0.2) is 34.8 Å². The average molecular weight is 342 g/mol. The van der Waals surface area contributed by atoms with Gasteiger partial charge in [-0.15, -0.1) is 0 Å². The van der Waals surface area contributed by atoms with Crippen molar-refractivity contribution in [1.29, 1.82) is 0 Å². The summed E-state index contributed by atoms with van der Waals surface area (Å²) in [7, 11) is 0. The molecule has 1 aliphatic rings. The van der Waals surface area contributed by atoms with E-state index in [0.717, 1.165) is 0 Å². The predicted molar refractivity (Wildman–Crippen MR) is 85.6 cm³/mol. The number of benzene rings is 1. The molecule has 0 saturated carbocycles. The van der Waals surface area contributed by atoms with Gasteiger partial charge in [-0.1, -0.05) is 12.1 Å². The minimum Gasteiger partial charge on any atom is -0.409 e. The van der Waals surface area contributed by atoms with Crippen LogP contribution in [0.25, 0.3) is 10.9 Å². The molecule has 3 rings (SSSR count). The second-order valence-corrected chi connectivity index (χ2v) is 5.45. The van der Waals surface area contributed by atoms with Gasteiger partial charge in [0.1, 0.15) is 6.04 Å². The van der Waals surface area contributed by atoms with E-state index in [-0.39, 0.29) is 30.1 Å². The molecule has 4 amide bonds. The molecule has 1 atom stereocenters. The Morgan fingerprint density at radius 1 is 1.32 bits per heavy atom. The van der Waals surface area contributed by atoms with E-state index >= 15 is 0 Å². The summed E-state index contributed by atoms with van der Waals surface area (Å²) < 4.78 is 4.76. The molecule has 128 valence electrons. The van der Waals surface area contributed by atoms with Crippen molar-refractivity contribution < 1.29 is 23.9 Å². The first-order chi connectivity index (χ1) is 11.9. The summed E-state index contributed by atoms with van der Waals surface area (Å²) in [4.78, 5) is 50.3. The predicted octanol–water partition coefficient (Wildman–Crippen LogP) is 0.227. The van der Waals surface area contributed by atoms with Crippen LogP contribution in [0.3, 0.4) is 0 Å². The van der Waals surface area contributed by atoms with Crippen LogP contribution in [0.4, 0.5) is 4.79 Å². The average Bonchev–Trinajstić information content (AvgIpc) is 2.56. The van der Waals surface area contributed by atoms with E-state index in [1.54, 1.807) is 18.2 Å². The Labute approximate surface area is 141 Å². The van der Waals surface area contributed by atoms with Gasteiger partial charge in [-0.05, 0) is 18.6 Å². The third kappa shape index (κ3) is 3.55. The van der Waals surface area contributed by atoms with Gasteiger partial charge < -0.3 is 15.8 Å². The van der Waals surface area contributed by atoms with Gasteiger partial charge in [0.2, 0.25) is 11.8 Å². The summed E-state index contributed by atoms with van der Waals surface area (Å²) in [5, 5.41) is 5.34. The Bertz CT molecular complexity index is 895. The number of primary amides is 1. The molecular formula is C16H14N4O5. The lowest BCUT2D eigenvalue weighted by atomic mass is 10.0. The number of nitrogens with zero attached hydrogens (tertiary/aromatic N) is 1. The molecule has 1 unspecified atom stereocenters. The number of piperidine rings is 1. The number of nitrogens with one attached hydrogen (secondary N) is 2. The van der Waals surface area contributed by atoms with Crippen LogP contribution in [-0.2, 0) is 9.59 Å². The van der Waals surface area contributed by atoms with Crippen LogP contribution < -0.4 is 21.1 Å². The fourth-order valence-electron chi connectivity index (χ4n) is 2.56. The molecule has 0 spiro atoms. The Morgan fingerprint density at radius 2 is 2.12 bits per heavy atom. The molecule has 1 fully saturated rings. The largest absolute Gasteiger partial charge is 0.410 e. The van der Waals surface area contributed by atoms with Crippen molar-refractivity contribution in [2.45, 2.75) is 18.9 Å². The van der Waals surface area contributed by atoms with Crippen molar-refractivity contribution in [3.8, 4) is 5.75 Å². The van der Waals surface area contributed by atoms with Crippen molar-refractivity contribution in [2.75, 3.05) is 0 Å². The maximum absolute atomic E-state index is 12.5. The second-order valence-electron chi connectivity index (χ2n) is 5.45. The number of ether oxygens (including phenoxy) is 1. The van der Waals surface area contributed by atoms with E-state index in [2.05, 4.69) is 15.6 Å². The number of carbonyl (C=O) groups excluding carboxylic acids is 4. The van der Waals surface area contributed by atoms with Crippen molar-refractivity contribution in [3.05, 3.63) is 36.0 Å². The number of aromatic nitrogens is 1. The van der Waals surface area contributed by atoms with Crippen LogP contribution in [0.2, 0.25) is 0 Å². The van der Waals surface area contributed by atoms with Crippen LogP contribution in [0.15, 0.2) is 30.5 Å². The molecule has 1 aliphatic heterocycles. The topological polar surface area (TPSA) is 140 Å². The Morgan fingerprint density at radius 3 is 2.84 bits per heavy atom. The number of hydrogen-bond donors (Lipinski definition) is 3. The van der Waals surface area contributed by atoms with Crippen molar-refractivity contribution in [1.82, 2.24) is 15.6 Å². The maximum atomic E-state index is 12.5. The zero-order chi connectivity index (χ0) is 18.0.